The van der Waals surface area contributed by atoms with Crippen LogP contribution < -0.4 is 5.32 Å². The molecule has 0 aromatic carbocycles. The molecule has 7 heteroatoms. The first-order valence-electron chi connectivity index (χ1n) is 6.54. The van der Waals surface area contributed by atoms with Gasteiger partial charge >= 0.3 is 0 Å². The van der Waals surface area contributed by atoms with E-state index in [0.29, 0.717) is 0 Å². The second kappa shape index (κ2) is 5.75. The monoisotopic (exact) mass is 297 g/mol. The van der Waals surface area contributed by atoms with Gasteiger partial charge in [0.25, 0.3) is 11.6 Å². The maximum atomic E-state index is 12.3. The summed E-state index contributed by atoms with van der Waals surface area (Å²) < 4.78 is 0. The largest absolute Gasteiger partial charge is 0.347 e. The smallest absolute Gasteiger partial charge is 0.300 e. The van der Waals surface area contributed by atoms with Crippen LogP contribution in [0, 0.1) is 10.1 Å². The minimum absolute atomic E-state index is 0.0400. The molecule has 1 aliphatic carbocycles. The molecule has 0 spiro atoms. The van der Waals surface area contributed by atoms with E-state index in [4.69, 9.17) is 11.6 Å². The number of rotatable bonds is 3. The molecule has 1 amide bonds. The Morgan fingerprint density at radius 3 is 2.70 bits per heavy atom. The van der Waals surface area contributed by atoms with E-state index in [1.54, 1.807) is 0 Å². The van der Waals surface area contributed by atoms with Crippen LogP contribution in [-0.2, 0) is 0 Å². The molecule has 6 nitrogen and oxygen atoms in total. The highest BCUT2D eigenvalue weighted by molar-refractivity contribution is 6.29. The summed E-state index contributed by atoms with van der Waals surface area (Å²) in [5.41, 5.74) is -0.674. The van der Waals surface area contributed by atoms with Crippen molar-refractivity contribution >= 4 is 23.2 Å². The van der Waals surface area contributed by atoms with Crippen LogP contribution in [0.2, 0.25) is 5.15 Å². The number of amides is 1. The lowest BCUT2D eigenvalue weighted by Crippen LogP contribution is -2.47. The fraction of sp³-hybridized carbons (Fsp3) is 0.538. The van der Waals surface area contributed by atoms with Crippen molar-refractivity contribution in [2.75, 3.05) is 0 Å². The summed E-state index contributed by atoms with van der Waals surface area (Å²) in [6.07, 6.45) is 6.04. The first-order valence-corrected chi connectivity index (χ1v) is 6.91. The molecule has 2 rings (SSSR count). The molecule has 0 unspecified atom stereocenters. The van der Waals surface area contributed by atoms with Gasteiger partial charge in [-0.2, -0.15) is 0 Å². The molecule has 1 saturated carbocycles. The highest BCUT2D eigenvalue weighted by Gasteiger charge is 2.31. The van der Waals surface area contributed by atoms with E-state index in [-0.39, 0.29) is 21.9 Å². The zero-order valence-electron chi connectivity index (χ0n) is 11.2. The summed E-state index contributed by atoms with van der Waals surface area (Å²) in [5, 5.41) is 13.9. The maximum absolute atomic E-state index is 12.3. The Morgan fingerprint density at radius 2 is 2.10 bits per heavy atom. The van der Waals surface area contributed by atoms with Crippen molar-refractivity contribution in [3.63, 3.8) is 0 Å². The van der Waals surface area contributed by atoms with Crippen molar-refractivity contribution in [1.82, 2.24) is 10.3 Å². The van der Waals surface area contributed by atoms with Crippen molar-refractivity contribution < 1.29 is 9.72 Å². The number of carbonyl (C=O) groups excluding carboxylic acids is 1. The molecule has 0 saturated heterocycles. The quantitative estimate of drug-likeness (QED) is 0.528. The topological polar surface area (TPSA) is 85.1 Å². The number of hydrogen-bond donors (Lipinski definition) is 1. The van der Waals surface area contributed by atoms with Gasteiger partial charge < -0.3 is 5.32 Å². The molecule has 0 bridgehead atoms. The number of nitrogens with zero attached hydrogens (tertiary/aromatic N) is 2. The Balaban J connectivity index is 2.24. The zero-order chi connectivity index (χ0) is 14.8. The van der Waals surface area contributed by atoms with Crippen molar-refractivity contribution in [1.29, 1.82) is 0 Å². The molecule has 20 heavy (non-hydrogen) atoms. The van der Waals surface area contributed by atoms with E-state index in [2.05, 4.69) is 10.3 Å². The predicted molar refractivity (Wildman–Crippen MR) is 74.9 cm³/mol. The van der Waals surface area contributed by atoms with E-state index in [1.165, 1.54) is 6.07 Å². The molecule has 1 heterocycles. The Labute approximate surface area is 121 Å². The van der Waals surface area contributed by atoms with E-state index in [9.17, 15) is 14.9 Å². The lowest BCUT2D eigenvalue weighted by atomic mass is 9.83. The summed E-state index contributed by atoms with van der Waals surface area (Å²) in [5.74, 6) is -0.467. The van der Waals surface area contributed by atoms with Crippen molar-refractivity contribution in [2.45, 2.75) is 44.6 Å². The number of carbonyl (C=O) groups is 1. The summed E-state index contributed by atoms with van der Waals surface area (Å²) in [6.45, 7) is 1.97. The van der Waals surface area contributed by atoms with Gasteiger partial charge in [0, 0.05) is 5.54 Å². The van der Waals surface area contributed by atoms with Gasteiger partial charge in [0.15, 0.2) is 0 Å². The van der Waals surface area contributed by atoms with Gasteiger partial charge in [-0.05, 0) is 25.8 Å². The van der Waals surface area contributed by atoms with Crippen LogP contribution in [0.1, 0.15) is 49.4 Å². The van der Waals surface area contributed by atoms with Crippen LogP contribution in [-0.4, -0.2) is 21.4 Å². The number of nitrogens with one attached hydrogen (secondary N) is 1. The van der Waals surface area contributed by atoms with E-state index < -0.39 is 10.8 Å². The van der Waals surface area contributed by atoms with Gasteiger partial charge in [0.05, 0.1) is 4.92 Å². The van der Waals surface area contributed by atoms with Crippen LogP contribution in [0.15, 0.2) is 12.3 Å². The first kappa shape index (κ1) is 14.7. The Hall–Kier alpha value is -1.69. The second-order valence-electron chi connectivity index (χ2n) is 5.36. The Bertz CT molecular complexity index is 542. The van der Waals surface area contributed by atoms with Gasteiger partial charge in [-0.3, -0.25) is 14.9 Å². The number of hydrogen-bond acceptors (Lipinski definition) is 4. The number of pyridine rings is 1. The molecule has 0 radical (unpaired) electrons. The van der Waals surface area contributed by atoms with Gasteiger partial charge in [-0.25, -0.2) is 4.98 Å². The van der Waals surface area contributed by atoms with Gasteiger partial charge in [0.2, 0.25) is 0 Å². The highest BCUT2D eigenvalue weighted by Crippen LogP contribution is 2.29. The highest BCUT2D eigenvalue weighted by atomic mass is 35.5. The Morgan fingerprint density at radius 1 is 1.45 bits per heavy atom. The molecule has 1 aliphatic rings. The minimum Gasteiger partial charge on any atom is -0.347 e. The van der Waals surface area contributed by atoms with Crippen LogP contribution in [0.5, 0.6) is 0 Å². The van der Waals surface area contributed by atoms with Crippen molar-refractivity contribution in [2.24, 2.45) is 0 Å². The minimum atomic E-state index is -0.624. The standard InChI is InChI=1S/C13H16ClN3O3/c1-13(5-3-2-4-6-13)16-12(18)9-7-11(14)15-8-10(9)17(19)20/h7-8H,2-6H2,1H3,(H,16,18). The fourth-order valence-electron chi connectivity index (χ4n) is 2.55. The summed E-state index contributed by atoms with van der Waals surface area (Å²) >= 11 is 5.73. The lowest BCUT2D eigenvalue weighted by molar-refractivity contribution is -0.385. The number of aromatic nitrogens is 1. The van der Waals surface area contributed by atoms with Crippen LogP contribution in [0.4, 0.5) is 5.69 Å². The fourth-order valence-corrected chi connectivity index (χ4v) is 2.71. The molecule has 1 aromatic heterocycles. The molecular formula is C13H16ClN3O3. The summed E-state index contributed by atoms with van der Waals surface area (Å²) in [7, 11) is 0. The predicted octanol–water partition coefficient (Wildman–Crippen LogP) is 3.10. The summed E-state index contributed by atoms with van der Waals surface area (Å²) in [4.78, 5) is 26.3. The molecule has 1 fully saturated rings. The molecule has 0 atom stereocenters. The van der Waals surface area contributed by atoms with Crippen LogP contribution in [0.25, 0.3) is 0 Å². The normalized spacial score (nSPS) is 17.5. The third-order valence-electron chi connectivity index (χ3n) is 3.66. The summed E-state index contributed by atoms with van der Waals surface area (Å²) in [6, 6.07) is 1.24. The SMILES string of the molecule is CC1(NC(=O)c2cc(Cl)ncc2[N+](=O)[O-])CCCCC1. The average molecular weight is 298 g/mol. The number of nitro groups is 1. The molecule has 108 valence electrons. The second-order valence-corrected chi connectivity index (χ2v) is 5.74. The number of halogens is 1. The van der Waals surface area contributed by atoms with Crippen LogP contribution >= 0.6 is 11.6 Å². The van der Waals surface area contributed by atoms with Crippen molar-refractivity contribution in [3.05, 3.63) is 33.1 Å². The third-order valence-corrected chi connectivity index (χ3v) is 3.87. The van der Waals surface area contributed by atoms with Gasteiger partial charge in [-0.15, -0.1) is 0 Å². The zero-order valence-corrected chi connectivity index (χ0v) is 11.9. The molecular weight excluding hydrogens is 282 g/mol. The van der Waals surface area contributed by atoms with Crippen molar-refractivity contribution in [3.8, 4) is 0 Å². The van der Waals surface area contributed by atoms with Gasteiger partial charge in [-0.1, -0.05) is 30.9 Å². The van der Waals surface area contributed by atoms with E-state index in [1.807, 2.05) is 6.92 Å². The molecule has 1 N–H and O–H groups in total. The third kappa shape index (κ3) is 3.25. The lowest BCUT2D eigenvalue weighted by Gasteiger charge is -2.34. The van der Waals surface area contributed by atoms with E-state index >= 15 is 0 Å². The average Bonchev–Trinajstić information content (AvgIpc) is 2.38. The Kier molecular flexibility index (Phi) is 4.23. The first-order chi connectivity index (χ1) is 9.41. The molecule has 0 aliphatic heterocycles. The van der Waals surface area contributed by atoms with E-state index in [0.717, 1.165) is 38.3 Å². The van der Waals surface area contributed by atoms with Gasteiger partial charge in [0.1, 0.15) is 16.9 Å². The van der Waals surface area contributed by atoms with Crippen LogP contribution in [0.3, 0.4) is 0 Å². The molecule has 1 aromatic rings. The maximum Gasteiger partial charge on any atom is 0.300 e.